The number of anilines is 1. The van der Waals surface area contributed by atoms with Gasteiger partial charge in [0.2, 0.25) is 0 Å². The van der Waals surface area contributed by atoms with Crippen LogP contribution in [0.4, 0.5) is 19.0 Å². The van der Waals surface area contributed by atoms with Crippen LogP contribution in [0.5, 0.6) is 5.75 Å². The summed E-state index contributed by atoms with van der Waals surface area (Å²) >= 11 is 0. The summed E-state index contributed by atoms with van der Waals surface area (Å²) in [4.78, 5) is 31.3. The highest BCUT2D eigenvalue weighted by Crippen LogP contribution is 2.65. The van der Waals surface area contributed by atoms with Crippen LogP contribution in [0, 0.1) is 5.41 Å². The number of nitrogens with one attached hydrogen (secondary N) is 1. The van der Waals surface area contributed by atoms with E-state index in [0.717, 1.165) is 30.6 Å². The highest BCUT2D eigenvalue weighted by Gasteiger charge is 2.78. The summed E-state index contributed by atoms with van der Waals surface area (Å²) in [5.74, 6) is -1.83. The zero-order valence-electron chi connectivity index (χ0n) is 23.7. The third-order valence-corrected chi connectivity index (χ3v) is 8.55. The van der Waals surface area contributed by atoms with Crippen LogP contribution in [0.15, 0.2) is 60.7 Å². The molecule has 3 aliphatic rings. The van der Waals surface area contributed by atoms with E-state index in [4.69, 9.17) is 19.2 Å². The Labute approximate surface area is 247 Å². The van der Waals surface area contributed by atoms with Gasteiger partial charge in [-0.15, -0.1) is 0 Å². The van der Waals surface area contributed by atoms with E-state index in [9.17, 15) is 22.8 Å². The maximum atomic E-state index is 13.2. The van der Waals surface area contributed by atoms with Gasteiger partial charge in [0, 0.05) is 25.1 Å². The van der Waals surface area contributed by atoms with Crippen LogP contribution in [0.3, 0.4) is 0 Å². The summed E-state index contributed by atoms with van der Waals surface area (Å²) in [5, 5.41) is 3.38. The number of benzene rings is 2. The normalized spacial score (nSPS) is 22.7. The maximum Gasteiger partial charge on any atom is 0.490 e. The van der Waals surface area contributed by atoms with Crippen LogP contribution >= 0.6 is 0 Å². The van der Waals surface area contributed by atoms with Crippen molar-refractivity contribution in [2.45, 2.75) is 51.1 Å². The van der Waals surface area contributed by atoms with Crippen molar-refractivity contribution in [3.8, 4) is 17.0 Å². The van der Waals surface area contributed by atoms with E-state index in [1.54, 1.807) is 24.0 Å². The Morgan fingerprint density at radius 1 is 1.07 bits per heavy atom. The van der Waals surface area contributed by atoms with Crippen molar-refractivity contribution in [2.24, 2.45) is 5.41 Å². The number of carbonyl (C=O) groups excluding carboxylic acids is 2. The van der Waals surface area contributed by atoms with Gasteiger partial charge in [0.1, 0.15) is 29.2 Å². The quantitative estimate of drug-likeness (QED) is 0.365. The molecule has 1 aromatic heterocycles. The van der Waals surface area contributed by atoms with Gasteiger partial charge in [-0.3, -0.25) is 4.79 Å². The Balaban J connectivity index is 1.22. The number of carbonyl (C=O) groups is 2. The van der Waals surface area contributed by atoms with Gasteiger partial charge in [0.15, 0.2) is 0 Å². The fraction of sp³-hybridized carbons (Fsp3) is 0.406. The second kappa shape index (κ2) is 11.2. The Morgan fingerprint density at radius 3 is 2.72 bits per heavy atom. The Morgan fingerprint density at radius 2 is 1.91 bits per heavy atom. The molecule has 11 heteroatoms. The first kappa shape index (κ1) is 29.0. The third-order valence-electron chi connectivity index (χ3n) is 8.55. The monoisotopic (exact) mass is 595 g/mol. The average Bonchev–Trinajstić information content (AvgIpc) is 3.69. The minimum atomic E-state index is -5.18. The summed E-state index contributed by atoms with van der Waals surface area (Å²) in [6.45, 7) is 4.11. The largest absolute Gasteiger partial charge is 0.490 e. The van der Waals surface area contributed by atoms with Gasteiger partial charge in [-0.05, 0) is 67.3 Å². The van der Waals surface area contributed by atoms with Crippen LogP contribution in [-0.2, 0) is 38.6 Å². The number of piperidine rings is 1. The molecule has 0 radical (unpaired) electrons. The molecule has 8 nitrogen and oxygen atoms in total. The van der Waals surface area contributed by atoms with Gasteiger partial charge >= 0.3 is 18.1 Å². The molecule has 2 fully saturated rings. The van der Waals surface area contributed by atoms with Crippen molar-refractivity contribution in [1.82, 2.24) is 10.3 Å². The molecule has 1 aliphatic carbocycles. The van der Waals surface area contributed by atoms with Crippen molar-refractivity contribution in [3.05, 3.63) is 77.4 Å². The lowest BCUT2D eigenvalue weighted by Gasteiger charge is -2.37. The van der Waals surface area contributed by atoms with E-state index in [-0.39, 0.29) is 26.0 Å². The molecule has 1 N–H and O–H groups in total. The highest BCUT2D eigenvalue weighted by molar-refractivity contribution is 5.86. The number of nitrogens with zero attached hydrogens (tertiary/aromatic N) is 2. The molecule has 3 aromatic rings. The van der Waals surface area contributed by atoms with Gasteiger partial charge in [-0.1, -0.05) is 36.4 Å². The first-order valence-electron chi connectivity index (χ1n) is 14.4. The predicted molar refractivity (Wildman–Crippen MR) is 151 cm³/mol. The molecule has 2 atom stereocenters. The topological polar surface area (TPSA) is 90.0 Å². The summed E-state index contributed by atoms with van der Waals surface area (Å²) in [5.41, 5.74) is 2.12. The molecule has 0 amide bonds. The highest BCUT2D eigenvalue weighted by atomic mass is 19.4. The molecular weight excluding hydrogens is 563 g/mol. The molecule has 2 aromatic carbocycles. The number of hydrogen-bond acceptors (Lipinski definition) is 8. The van der Waals surface area contributed by atoms with Crippen molar-refractivity contribution >= 4 is 17.8 Å². The van der Waals surface area contributed by atoms with Crippen molar-refractivity contribution in [1.29, 1.82) is 0 Å². The number of pyridine rings is 1. The van der Waals surface area contributed by atoms with Crippen molar-refractivity contribution < 1.29 is 37.0 Å². The molecule has 0 unspecified atom stereocenters. The number of hydrogen-bond donors (Lipinski definition) is 1. The van der Waals surface area contributed by atoms with E-state index in [1.807, 2.05) is 30.3 Å². The fourth-order valence-corrected chi connectivity index (χ4v) is 6.24. The zero-order valence-corrected chi connectivity index (χ0v) is 23.7. The second-order valence-corrected chi connectivity index (χ2v) is 11.2. The van der Waals surface area contributed by atoms with Crippen molar-refractivity contribution in [2.75, 3.05) is 31.1 Å². The first-order valence-corrected chi connectivity index (χ1v) is 14.4. The molecule has 226 valence electrons. The molecule has 2 aliphatic heterocycles. The number of halogens is 3. The summed E-state index contributed by atoms with van der Waals surface area (Å²) in [6, 6.07) is 19.3. The number of ether oxygens (including phenoxy) is 3. The number of rotatable bonds is 8. The maximum absolute atomic E-state index is 13.2. The van der Waals surface area contributed by atoms with E-state index >= 15 is 0 Å². The van der Waals surface area contributed by atoms with E-state index in [2.05, 4.69) is 23.5 Å². The molecule has 1 saturated carbocycles. The van der Waals surface area contributed by atoms with Crippen LogP contribution in [0.25, 0.3) is 11.3 Å². The smallest absolute Gasteiger partial charge is 0.488 e. The van der Waals surface area contributed by atoms with Crippen LogP contribution in [0.1, 0.15) is 36.5 Å². The van der Waals surface area contributed by atoms with Crippen LogP contribution in [0.2, 0.25) is 0 Å². The summed E-state index contributed by atoms with van der Waals surface area (Å²) < 4.78 is 56.0. The van der Waals surface area contributed by atoms with Gasteiger partial charge in [0.05, 0.1) is 18.8 Å². The minimum absolute atomic E-state index is 0.0350. The molecule has 0 bridgehead atoms. The van der Waals surface area contributed by atoms with Gasteiger partial charge in [-0.25, -0.2) is 9.78 Å². The van der Waals surface area contributed by atoms with Crippen molar-refractivity contribution in [3.63, 3.8) is 0 Å². The number of esters is 2. The lowest BCUT2D eigenvalue weighted by atomic mass is 9.92. The van der Waals surface area contributed by atoms with E-state index < -0.39 is 29.1 Å². The zero-order chi connectivity index (χ0) is 30.2. The molecule has 3 heterocycles. The molecule has 0 spiro atoms. The minimum Gasteiger partial charge on any atom is -0.488 e. The number of aromatic nitrogens is 1. The standard InChI is InChI=1S/C32H32F3N3O5/c1-2-41-28(39)30-13-15-38(20-31(30,19-30)43-29(40)32(33,34)35)27-9-5-7-25(37-27)24-6-3-4-8-26(24)42-18-21-10-11-23-17-36-14-12-22(23)16-21/h3-11,16,36H,2,12-15,17-20H2,1H3/t30-,31-/m0/s1. The number of para-hydroxylation sites is 1. The number of alkyl halides is 3. The average molecular weight is 596 g/mol. The Hall–Kier alpha value is -4.12. The van der Waals surface area contributed by atoms with E-state index in [0.29, 0.717) is 30.4 Å². The lowest BCUT2D eigenvalue weighted by molar-refractivity contribution is -0.209. The Kier molecular flexibility index (Phi) is 7.53. The molecule has 1 saturated heterocycles. The second-order valence-electron chi connectivity index (χ2n) is 11.2. The van der Waals surface area contributed by atoms with Crippen LogP contribution in [-0.4, -0.2) is 54.9 Å². The molecule has 43 heavy (non-hydrogen) atoms. The molecular formula is C32H32F3N3O5. The van der Waals surface area contributed by atoms with Gasteiger partial charge in [-0.2, -0.15) is 13.2 Å². The lowest BCUT2D eigenvalue weighted by Crippen LogP contribution is -2.50. The first-order chi connectivity index (χ1) is 20.6. The van der Waals surface area contributed by atoms with Gasteiger partial charge < -0.3 is 24.4 Å². The summed E-state index contributed by atoms with van der Waals surface area (Å²) in [7, 11) is 0. The van der Waals surface area contributed by atoms with Crippen LogP contribution < -0.4 is 15.0 Å². The van der Waals surface area contributed by atoms with Gasteiger partial charge in [0.25, 0.3) is 0 Å². The SMILES string of the molecule is CCOC(=O)[C@@]12CCN(c3cccc(-c4ccccc4OCc4ccc5c(c4)CCNC5)n3)C[C@@]1(OC(=O)C(F)(F)F)C2. The summed E-state index contributed by atoms with van der Waals surface area (Å²) in [6.07, 6.45) is -4.07. The fourth-order valence-electron chi connectivity index (χ4n) is 6.24. The number of fused-ring (bicyclic) bond motifs is 2. The van der Waals surface area contributed by atoms with E-state index in [1.165, 1.54) is 11.1 Å². The predicted octanol–water partition coefficient (Wildman–Crippen LogP) is 4.98. The third kappa shape index (κ3) is 5.53. The molecule has 6 rings (SSSR count). The Bertz CT molecular complexity index is 1550.